The lowest BCUT2D eigenvalue weighted by molar-refractivity contribution is 0.128. The highest BCUT2D eigenvalue weighted by atomic mass is 32.1. The third-order valence-corrected chi connectivity index (χ3v) is 2.13. The van der Waals surface area contributed by atoms with Gasteiger partial charge in [-0.1, -0.05) is 0 Å². The predicted molar refractivity (Wildman–Crippen MR) is 46.7 cm³/mol. The summed E-state index contributed by atoms with van der Waals surface area (Å²) in [6.07, 6.45) is 0.456. The van der Waals surface area contributed by atoms with Crippen molar-refractivity contribution in [2.24, 2.45) is 0 Å². The Kier molecular flexibility index (Phi) is 3.71. The Labute approximate surface area is 75.8 Å². The summed E-state index contributed by atoms with van der Waals surface area (Å²) >= 11 is 1.45. The van der Waals surface area contributed by atoms with Crippen molar-refractivity contribution in [1.82, 2.24) is 4.37 Å². The molecule has 1 heterocycles. The van der Waals surface area contributed by atoms with Gasteiger partial charge in [-0.05, 0) is 24.5 Å². The van der Waals surface area contributed by atoms with Gasteiger partial charge in [0.25, 0.3) is 0 Å². The van der Waals surface area contributed by atoms with Gasteiger partial charge in [0, 0.05) is 0 Å². The molecule has 0 saturated carbocycles. The van der Waals surface area contributed by atoms with E-state index in [0.717, 1.165) is 10.6 Å². The first kappa shape index (κ1) is 9.17. The van der Waals surface area contributed by atoms with E-state index >= 15 is 0 Å². The molecule has 0 aliphatic rings. The first-order valence-electron chi connectivity index (χ1n) is 3.70. The molecule has 0 fully saturated rings. The van der Waals surface area contributed by atoms with Gasteiger partial charge in [-0.3, -0.25) is 0 Å². The molecule has 64 valence electrons. The van der Waals surface area contributed by atoms with Crippen LogP contribution in [0.25, 0.3) is 0 Å². The Bertz CT molecular complexity index is 277. The van der Waals surface area contributed by atoms with E-state index in [2.05, 4.69) is 4.37 Å². The SMILES string of the molecule is Cc1cc(COCCC#N)sn1. The Morgan fingerprint density at radius 1 is 1.75 bits per heavy atom. The molecule has 12 heavy (non-hydrogen) atoms. The van der Waals surface area contributed by atoms with Crippen LogP contribution in [-0.2, 0) is 11.3 Å². The van der Waals surface area contributed by atoms with Gasteiger partial charge in [0.1, 0.15) is 0 Å². The maximum atomic E-state index is 8.23. The molecule has 0 aromatic carbocycles. The number of hydrogen-bond acceptors (Lipinski definition) is 4. The fourth-order valence-electron chi connectivity index (χ4n) is 0.775. The lowest BCUT2D eigenvalue weighted by atomic mass is 10.4. The molecule has 0 aliphatic carbocycles. The van der Waals surface area contributed by atoms with Gasteiger partial charge in [0.15, 0.2) is 0 Å². The van der Waals surface area contributed by atoms with E-state index in [1.807, 2.05) is 19.1 Å². The van der Waals surface area contributed by atoms with Crippen molar-refractivity contribution in [2.45, 2.75) is 20.0 Å². The summed E-state index contributed by atoms with van der Waals surface area (Å²) in [6, 6.07) is 4.02. The second kappa shape index (κ2) is 4.86. The van der Waals surface area contributed by atoms with Crippen LogP contribution in [-0.4, -0.2) is 11.0 Å². The second-order valence-corrected chi connectivity index (χ2v) is 3.28. The maximum absolute atomic E-state index is 8.23. The largest absolute Gasteiger partial charge is 0.375 e. The Morgan fingerprint density at radius 3 is 3.17 bits per heavy atom. The van der Waals surface area contributed by atoms with Gasteiger partial charge < -0.3 is 4.74 Å². The lowest BCUT2D eigenvalue weighted by Gasteiger charge is -1.95. The summed E-state index contributed by atoms with van der Waals surface area (Å²) in [4.78, 5) is 1.12. The number of rotatable bonds is 4. The zero-order valence-corrected chi connectivity index (χ0v) is 7.73. The summed E-state index contributed by atoms with van der Waals surface area (Å²) in [5.74, 6) is 0. The van der Waals surface area contributed by atoms with Crippen LogP contribution in [0.15, 0.2) is 6.07 Å². The number of aromatic nitrogens is 1. The fraction of sp³-hybridized carbons (Fsp3) is 0.500. The maximum Gasteiger partial charge on any atom is 0.0825 e. The average Bonchev–Trinajstić information content (AvgIpc) is 2.45. The van der Waals surface area contributed by atoms with Crippen LogP contribution in [0, 0.1) is 18.3 Å². The second-order valence-electron chi connectivity index (χ2n) is 2.40. The van der Waals surface area contributed by atoms with Crippen LogP contribution < -0.4 is 0 Å². The summed E-state index contributed by atoms with van der Waals surface area (Å²) in [6.45, 7) is 3.04. The molecule has 0 atom stereocenters. The van der Waals surface area contributed by atoms with Crippen molar-refractivity contribution in [3.8, 4) is 6.07 Å². The Morgan fingerprint density at radius 2 is 2.58 bits per heavy atom. The molecular formula is C8H10N2OS. The minimum atomic E-state index is 0.456. The normalized spacial score (nSPS) is 9.67. The van der Waals surface area contributed by atoms with Crippen molar-refractivity contribution < 1.29 is 4.74 Å². The van der Waals surface area contributed by atoms with Crippen LogP contribution in [0.1, 0.15) is 17.0 Å². The van der Waals surface area contributed by atoms with Crippen molar-refractivity contribution in [2.75, 3.05) is 6.61 Å². The van der Waals surface area contributed by atoms with Gasteiger partial charge in [0.05, 0.1) is 36.3 Å². The lowest BCUT2D eigenvalue weighted by Crippen LogP contribution is -1.91. The number of nitriles is 1. The molecule has 0 saturated heterocycles. The highest BCUT2D eigenvalue weighted by Gasteiger charge is 1.97. The van der Waals surface area contributed by atoms with E-state index in [1.54, 1.807) is 0 Å². The van der Waals surface area contributed by atoms with E-state index in [4.69, 9.17) is 10.00 Å². The molecule has 0 unspecified atom stereocenters. The minimum Gasteiger partial charge on any atom is -0.375 e. The number of ether oxygens (including phenoxy) is 1. The zero-order valence-electron chi connectivity index (χ0n) is 6.91. The molecule has 0 amide bonds. The van der Waals surface area contributed by atoms with Gasteiger partial charge in [-0.2, -0.15) is 9.64 Å². The smallest absolute Gasteiger partial charge is 0.0825 e. The van der Waals surface area contributed by atoms with Gasteiger partial charge in [-0.25, -0.2) is 0 Å². The molecule has 0 bridgehead atoms. The number of hydrogen-bond donors (Lipinski definition) is 0. The molecule has 0 aliphatic heterocycles. The molecular weight excluding hydrogens is 172 g/mol. The number of aryl methyl sites for hydroxylation is 1. The first-order valence-corrected chi connectivity index (χ1v) is 4.47. The highest BCUT2D eigenvalue weighted by molar-refractivity contribution is 7.05. The molecule has 0 N–H and O–H groups in total. The van der Waals surface area contributed by atoms with E-state index in [1.165, 1.54) is 11.5 Å². The van der Waals surface area contributed by atoms with Crippen LogP contribution in [0.3, 0.4) is 0 Å². The first-order chi connectivity index (χ1) is 5.83. The highest BCUT2D eigenvalue weighted by Crippen LogP contribution is 2.09. The molecule has 1 aromatic heterocycles. The quantitative estimate of drug-likeness (QED) is 0.668. The van der Waals surface area contributed by atoms with Crippen molar-refractivity contribution in [3.05, 3.63) is 16.6 Å². The van der Waals surface area contributed by atoms with E-state index in [-0.39, 0.29) is 0 Å². The summed E-state index contributed by atoms with van der Waals surface area (Å²) < 4.78 is 9.33. The fourth-order valence-corrected chi connectivity index (χ4v) is 1.45. The van der Waals surface area contributed by atoms with Gasteiger partial charge in [-0.15, -0.1) is 0 Å². The van der Waals surface area contributed by atoms with Gasteiger partial charge >= 0.3 is 0 Å². The minimum absolute atomic E-state index is 0.456. The van der Waals surface area contributed by atoms with Crippen LogP contribution in [0.4, 0.5) is 0 Å². The topological polar surface area (TPSA) is 45.9 Å². The van der Waals surface area contributed by atoms with E-state index in [9.17, 15) is 0 Å². The van der Waals surface area contributed by atoms with Crippen molar-refractivity contribution in [1.29, 1.82) is 5.26 Å². The van der Waals surface area contributed by atoms with E-state index in [0.29, 0.717) is 19.6 Å². The molecule has 4 heteroatoms. The van der Waals surface area contributed by atoms with Crippen molar-refractivity contribution in [3.63, 3.8) is 0 Å². The monoisotopic (exact) mass is 182 g/mol. The third kappa shape index (κ3) is 2.99. The van der Waals surface area contributed by atoms with Crippen LogP contribution in [0.5, 0.6) is 0 Å². The summed E-state index contributed by atoms with van der Waals surface area (Å²) in [5, 5.41) is 8.23. The molecule has 1 aromatic rings. The van der Waals surface area contributed by atoms with Crippen LogP contribution >= 0.6 is 11.5 Å². The molecule has 3 nitrogen and oxygen atoms in total. The molecule has 0 radical (unpaired) electrons. The molecule has 1 rings (SSSR count). The molecule has 0 spiro atoms. The van der Waals surface area contributed by atoms with Crippen LogP contribution in [0.2, 0.25) is 0 Å². The Balaban J connectivity index is 2.21. The zero-order chi connectivity index (χ0) is 8.81. The standard InChI is InChI=1S/C8H10N2OS/c1-7-5-8(12-10-7)6-11-4-2-3-9/h5H,2,4,6H2,1H3. The summed E-state index contributed by atoms with van der Waals surface area (Å²) in [7, 11) is 0. The predicted octanol–water partition coefficient (Wildman–Crippen LogP) is 1.88. The summed E-state index contributed by atoms with van der Waals surface area (Å²) in [5.41, 5.74) is 1.03. The number of nitrogens with zero attached hydrogens (tertiary/aromatic N) is 2. The van der Waals surface area contributed by atoms with Crippen molar-refractivity contribution >= 4 is 11.5 Å². The Hall–Kier alpha value is -0.920. The van der Waals surface area contributed by atoms with Gasteiger partial charge in [0.2, 0.25) is 0 Å². The van der Waals surface area contributed by atoms with E-state index < -0.39 is 0 Å². The third-order valence-electron chi connectivity index (χ3n) is 1.28. The average molecular weight is 182 g/mol.